The Bertz CT molecular complexity index is 921. The van der Waals surface area contributed by atoms with E-state index in [2.05, 4.69) is 20.0 Å². The molecule has 0 N–H and O–H groups in total. The van der Waals surface area contributed by atoms with E-state index in [0.717, 1.165) is 11.1 Å². The average molecular weight is 366 g/mol. The molecule has 0 radical (unpaired) electrons. The zero-order valence-corrected chi connectivity index (χ0v) is 14.9. The van der Waals surface area contributed by atoms with E-state index < -0.39 is 0 Å². The predicted octanol–water partition coefficient (Wildman–Crippen LogP) is 2.53. The van der Waals surface area contributed by atoms with Crippen LogP contribution in [0.5, 0.6) is 11.5 Å². The van der Waals surface area contributed by atoms with E-state index >= 15 is 0 Å². The molecule has 0 bridgehead atoms. The van der Waals surface area contributed by atoms with Gasteiger partial charge in [0.15, 0.2) is 11.5 Å². The number of methoxy groups -OCH3 is 2. The number of carbonyl (C=O) groups is 1. The van der Waals surface area contributed by atoms with Crippen LogP contribution in [-0.4, -0.2) is 41.3 Å². The number of carbonyl (C=O) groups excluding carboxylic acids is 1. The molecule has 0 saturated carbocycles. The molecule has 0 fully saturated rings. The van der Waals surface area contributed by atoms with Crippen molar-refractivity contribution in [2.75, 3.05) is 14.2 Å². The minimum Gasteiger partial charge on any atom is -0.493 e. The molecular formula is C19H18N4O4. The predicted molar refractivity (Wildman–Crippen MR) is 98.1 cm³/mol. The van der Waals surface area contributed by atoms with Gasteiger partial charge in [-0.2, -0.15) is 5.10 Å². The second kappa shape index (κ2) is 8.61. The number of nitrogens with zero attached hydrogens (tertiary/aromatic N) is 4. The molecule has 0 aliphatic heterocycles. The lowest BCUT2D eigenvalue weighted by atomic mass is 10.1. The SMILES string of the molecule is COC(=O)c1ccc(COc2ccc(/C=N/n3cnnc3)cc2OC)cc1. The summed E-state index contributed by atoms with van der Waals surface area (Å²) in [6, 6.07) is 12.5. The normalized spacial score (nSPS) is 10.7. The molecule has 0 amide bonds. The average Bonchev–Trinajstić information content (AvgIpc) is 3.24. The van der Waals surface area contributed by atoms with Gasteiger partial charge in [-0.05, 0) is 41.5 Å². The zero-order valence-electron chi connectivity index (χ0n) is 14.9. The number of ether oxygens (including phenoxy) is 3. The number of rotatable bonds is 7. The summed E-state index contributed by atoms with van der Waals surface area (Å²) in [7, 11) is 2.93. The van der Waals surface area contributed by atoms with Gasteiger partial charge in [0.25, 0.3) is 0 Å². The van der Waals surface area contributed by atoms with Crippen LogP contribution in [0.15, 0.2) is 60.2 Å². The quantitative estimate of drug-likeness (QED) is 0.472. The van der Waals surface area contributed by atoms with Crippen molar-refractivity contribution in [3.8, 4) is 11.5 Å². The van der Waals surface area contributed by atoms with Gasteiger partial charge in [-0.1, -0.05) is 12.1 Å². The Labute approximate surface area is 156 Å². The van der Waals surface area contributed by atoms with Gasteiger partial charge in [0.1, 0.15) is 19.3 Å². The summed E-state index contributed by atoms with van der Waals surface area (Å²) in [6.07, 6.45) is 4.66. The number of esters is 1. The highest BCUT2D eigenvalue weighted by molar-refractivity contribution is 5.89. The van der Waals surface area contributed by atoms with Crippen LogP contribution < -0.4 is 9.47 Å². The molecule has 0 spiro atoms. The smallest absolute Gasteiger partial charge is 0.337 e. The van der Waals surface area contributed by atoms with Crippen LogP contribution in [-0.2, 0) is 11.3 Å². The van der Waals surface area contributed by atoms with E-state index in [1.807, 2.05) is 30.3 Å². The lowest BCUT2D eigenvalue weighted by Gasteiger charge is -2.11. The highest BCUT2D eigenvalue weighted by Gasteiger charge is 2.07. The van der Waals surface area contributed by atoms with E-state index in [0.29, 0.717) is 23.7 Å². The first-order valence-electron chi connectivity index (χ1n) is 8.06. The van der Waals surface area contributed by atoms with Crippen LogP contribution in [0, 0.1) is 0 Å². The summed E-state index contributed by atoms with van der Waals surface area (Å²) < 4.78 is 17.4. The first-order chi connectivity index (χ1) is 13.2. The van der Waals surface area contributed by atoms with Crippen LogP contribution in [0.25, 0.3) is 0 Å². The van der Waals surface area contributed by atoms with Gasteiger partial charge < -0.3 is 14.2 Å². The summed E-state index contributed by atoms with van der Waals surface area (Å²) in [5.74, 6) is 0.831. The maximum atomic E-state index is 11.5. The zero-order chi connectivity index (χ0) is 19.1. The van der Waals surface area contributed by atoms with Gasteiger partial charge >= 0.3 is 5.97 Å². The Morgan fingerprint density at radius 2 is 1.81 bits per heavy atom. The van der Waals surface area contributed by atoms with Crippen molar-refractivity contribution in [3.63, 3.8) is 0 Å². The lowest BCUT2D eigenvalue weighted by Crippen LogP contribution is -2.02. The molecule has 27 heavy (non-hydrogen) atoms. The molecule has 1 aromatic heterocycles. The van der Waals surface area contributed by atoms with Gasteiger partial charge in [0.05, 0.1) is 26.0 Å². The van der Waals surface area contributed by atoms with Crippen LogP contribution >= 0.6 is 0 Å². The Balaban J connectivity index is 1.66. The van der Waals surface area contributed by atoms with Gasteiger partial charge in [-0.3, -0.25) is 0 Å². The van der Waals surface area contributed by atoms with Crippen molar-refractivity contribution >= 4 is 12.2 Å². The molecule has 3 rings (SSSR count). The van der Waals surface area contributed by atoms with Crippen LogP contribution in [0.2, 0.25) is 0 Å². The number of hydrogen-bond donors (Lipinski definition) is 0. The Morgan fingerprint density at radius 1 is 1.07 bits per heavy atom. The van der Waals surface area contributed by atoms with E-state index in [4.69, 9.17) is 9.47 Å². The first kappa shape index (κ1) is 18.1. The maximum Gasteiger partial charge on any atom is 0.337 e. The van der Waals surface area contributed by atoms with Crippen molar-refractivity contribution in [2.24, 2.45) is 5.10 Å². The molecule has 8 heteroatoms. The largest absolute Gasteiger partial charge is 0.493 e. The third-order valence-corrected chi connectivity index (χ3v) is 3.70. The van der Waals surface area contributed by atoms with Gasteiger partial charge in [-0.15, -0.1) is 10.2 Å². The third kappa shape index (κ3) is 4.69. The van der Waals surface area contributed by atoms with Crippen molar-refractivity contribution in [1.29, 1.82) is 0 Å². The Hall–Kier alpha value is -3.68. The van der Waals surface area contributed by atoms with Gasteiger partial charge in [0.2, 0.25) is 0 Å². The minimum absolute atomic E-state index is 0.339. The van der Waals surface area contributed by atoms with Crippen LogP contribution in [0.4, 0.5) is 0 Å². The summed E-state index contributed by atoms with van der Waals surface area (Å²) >= 11 is 0. The summed E-state index contributed by atoms with van der Waals surface area (Å²) in [5, 5.41) is 11.6. The molecule has 0 aliphatic rings. The van der Waals surface area contributed by atoms with E-state index in [9.17, 15) is 4.79 Å². The summed E-state index contributed by atoms with van der Waals surface area (Å²) in [5.41, 5.74) is 2.26. The molecule has 8 nitrogen and oxygen atoms in total. The van der Waals surface area contributed by atoms with E-state index in [1.165, 1.54) is 24.4 Å². The molecule has 0 saturated heterocycles. The molecule has 2 aromatic carbocycles. The number of benzene rings is 2. The van der Waals surface area contributed by atoms with Crippen molar-refractivity contribution < 1.29 is 19.0 Å². The van der Waals surface area contributed by atoms with Gasteiger partial charge in [0, 0.05) is 0 Å². The number of aromatic nitrogens is 3. The highest BCUT2D eigenvalue weighted by Crippen LogP contribution is 2.28. The number of hydrogen-bond acceptors (Lipinski definition) is 7. The molecule has 0 atom stereocenters. The van der Waals surface area contributed by atoms with Crippen molar-refractivity contribution in [2.45, 2.75) is 6.61 Å². The van der Waals surface area contributed by atoms with Crippen LogP contribution in [0.3, 0.4) is 0 Å². The monoisotopic (exact) mass is 366 g/mol. The molecular weight excluding hydrogens is 348 g/mol. The second-order valence-corrected chi connectivity index (χ2v) is 5.47. The lowest BCUT2D eigenvalue weighted by molar-refractivity contribution is 0.0600. The Morgan fingerprint density at radius 3 is 2.48 bits per heavy atom. The topological polar surface area (TPSA) is 87.8 Å². The molecule has 138 valence electrons. The Kier molecular flexibility index (Phi) is 5.78. The molecule has 0 aliphatic carbocycles. The third-order valence-electron chi connectivity index (χ3n) is 3.70. The highest BCUT2D eigenvalue weighted by atomic mass is 16.5. The fraction of sp³-hybridized carbons (Fsp3) is 0.158. The summed E-state index contributed by atoms with van der Waals surface area (Å²) in [4.78, 5) is 11.5. The van der Waals surface area contributed by atoms with Crippen molar-refractivity contribution in [1.82, 2.24) is 14.9 Å². The minimum atomic E-state index is -0.368. The van der Waals surface area contributed by atoms with Crippen molar-refractivity contribution in [3.05, 3.63) is 71.8 Å². The maximum absolute atomic E-state index is 11.5. The first-order valence-corrected chi connectivity index (χ1v) is 8.06. The van der Waals surface area contributed by atoms with E-state index in [1.54, 1.807) is 25.5 Å². The standard InChI is InChI=1S/C19H18N4O4/c1-25-18-9-15(10-22-23-12-20-21-13-23)5-8-17(18)27-11-14-3-6-16(7-4-14)19(24)26-2/h3-10,12-13H,11H2,1-2H3/b22-10+. The fourth-order valence-corrected chi connectivity index (χ4v) is 2.29. The van der Waals surface area contributed by atoms with Crippen LogP contribution in [0.1, 0.15) is 21.5 Å². The molecule has 1 heterocycles. The second-order valence-electron chi connectivity index (χ2n) is 5.47. The van der Waals surface area contributed by atoms with E-state index in [-0.39, 0.29) is 5.97 Å². The molecule has 0 unspecified atom stereocenters. The summed E-state index contributed by atoms with van der Waals surface area (Å²) in [6.45, 7) is 0.339. The fourth-order valence-electron chi connectivity index (χ4n) is 2.29. The van der Waals surface area contributed by atoms with Gasteiger partial charge in [-0.25, -0.2) is 9.47 Å². The molecule has 3 aromatic rings.